The second kappa shape index (κ2) is 7.62. The molecule has 0 aliphatic heterocycles. The summed E-state index contributed by atoms with van der Waals surface area (Å²) in [7, 11) is 3.15. The molecule has 0 atom stereocenters. The van der Waals surface area contributed by atoms with Gasteiger partial charge < -0.3 is 19.5 Å². The van der Waals surface area contributed by atoms with Gasteiger partial charge in [-0.2, -0.15) is 0 Å². The van der Waals surface area contributed by atoms with Crippen molar-refractivity contribution in [1.82, 2.24) is 4.98 Å². The van der Waals surface area contributed by atoms with Crippen LogP contribution in [-0.4, -0.2) is 56.6 Å². The molecule has 18 heavy (non-hydrogen) atoms. The molecule has 6 nitrogen and oxygen atoms in total. The molecular formula is C12H18N2O4. The lowest BCUT2D eigenvalue weighted by Gasteiger charge is -2.20. The fourth-order valence-corrected chi connectivity index (χ4v) is 1.44. The summed E-state index contributed by atoms with van der Waals surface area (Å²) >= 11 is 0. The third-order valence-corrected chi connectivity index (χ3v) is 2.36. The molecule has 1 rings (SSSR count). The topological polar surface area (TPSA) is 71.9 Å². The van der Waals surface area contributed by atoms with Crippen LogP contribution in [0.5, 0.6) is 0 Å². The number of aromatic nitrogens is 1. The maximum atomic E-state index is 11.6. The second-order valence-electron chi connectivity index (χ2n) is 3.62. The van der Waals surface area contributed by atoms with Gasteiger partial charge in [-0.25, -0.2) is 9.78 Å². The molecule has 1 heterocycles. The number of rotatable bonds is 7. The van der Waals surface area contributed by atoms with E-state index >= 15 is 0 Å². The van der Waals surface area contributed by atoms with Gasteiger partial charge in [-0.3, -0.25) is 0 Å². The van der Waals surface area contributed by atoms with Crippen LogP contribution in [0.1, 0.15) is 10.4 Å². The van der Waals surface area contributed by atoms with Crippen LogP contribution in [0, 0.1) is 0 Å². The Bertz CT molecular complexity index is 384. The van der Waals surface area contributed by atoms with Crippen molar-refractivity contribution in [3.05, 3.63) is 23.9 Å². The summed E-state index contributed by atoms with van der Waals surface area (Å²) in [6, 6.07) is 3.35. The maximum absolute atomic E-state index is 11.6. The van der Waals surface area contributed by atoms with E-state index in [1.807, 2.05) is 11.9 Å². The number of hydrogen-bond donors (Lipinski definition) is 1. The Labute approximate surface area is 106 Å². The Morgan fingerprint density at radius 2 is 2.28 bits per heavy atom. The van der Waals surface area contributed by atoms with Gasteiger partial charge in [-0.15, -0.1) is 0 Å². The molecule has 6 heteroatoms. The molecule has 0 fully saturated rings. The molecular weight excluding hydrogens is 236 g/mol. The van der Waals surface area contributed by atoms with Gasteiger partial charge in [0, 0.05) is 19.8 Å². The molecule has 0 aliphatic rings. The summed E-state index contributed by atoms with van der Waals surface area (Å²) in [6.45, 7) is 1.33. The molecule has 0 unspecified atom stereocenters. The highest BCUT2D eigenvalue weighted by molar-refractivity contribution is 5.94. The molecule has 0 amide bonds. The zero-order chi connectivity index (χ0) is 13.4. The number of hydrogen-bond acceptors (Lipinski definition) is 6. The summed E-state index contributed by atoms with van der Waals surface area (Å²) in [5, 5.41) is 8.59. The second-order valence-corrected chi connectivity index (χ2v) is 3.62. The third kappa shape index (κ3) is 3.97. The van der Waals surface area contributed by atoms with Crippen LogP contribution in [0.25, 0.3) is 0 Å². The highest BCUT2D eigenvalue weighted by Gasteiger charge is 2.15. The first-order valence-corrected chi connectivity index (χ1v) is 5.63. The minimum atomic E-state index is -0.416. The summed E-state index contributed by atoms with van der Waals surface area (Å²) < 4.78 is 9.87. The predicted molar refractivity (Wildman–Crippen MR) is 66.8 cm³/mol. The van der Waals surface area contributed by atoms with Crippen LogP contribution in [0.4, 0.5) is 5.82 Å². The summed E-state index contributed by atoms with van der Waals surface area (Å²) in [5.41, 5.74) is 0.421. The molecule has 0 aromatic carbocycles. The van der Waals surface area contributed by atoms with Crippen LogP contribution in [-0.2, 0) is 9.47 Å². The van der Waals surface area contributed by atoms with Gasteiger partial charge in [0.2, 0.25) is 0 Å². The number of methoxy groups -OCH3 is 1. The molecule has 0 saturated carbocycles. The fraction of sp³-hybridized carbons (Fsp3) is 0.500. The number of esters is 1. The lowest BCUT2D eigenvalue weighted by Crippen LogP contribution is -2.26. The van der Waals surface area contributed by atoms with Crippen molar-refractivity contribution in [2.24, 2.45) is 0 Å². The number of carbonyl (C=O) groups is 1. The maximum Gasteiger partial charge on any atom is 0.341 e. The van der Waals surface area contributed by atoms with Crippen LogP contribution in [0.3, 0.4) is 0 Å². The number of nitrogens with zero attached hydrogens (tertiary/aromatic N) is 2. The third-order valence-electron chi connectivity index (χ3n) is 2.36. The average Bonchev–Trinajstić information content (AvgIpc) is 2.42. The lowest BCUT2D eigenvalue weighted by molar-refractivity contribution is 0.0600. The van der Waals surface area contributed by atoms with Gasteiger partial charge in [0.05, 0.1) is 26.9 Å². The van der Waals surface area contributed by atoms with E-state index in [9.17, 15) is 4.79 Å². The Balaban J connectivity index is 2.66. The van der Waals surface area contributed by atoms with E-state index in [2.05, 4.69) is 4.98 Å². The monoisotopic (exact) mass is 254 g/mol. The van der Waals surface area contributed by atoms with E-state index < -0.39 is 5.97 Å². The van der Waals surface area contributed by atoms with E-state index in [-0.39, 0.29) is 6.61 Å². The highest BCUT2D eigenvalue weighted by atomic mass is 16.5. The van der Waals surface area contributed by atoms with Gasteiger partial charge in [-0.05, 0) is 12.1 Å². The van der Waals surface area contributed by atoms with Crippen molar-refractivity contribution in [3.8, 4) is 0 Å². The van der Waals surface area contributed by atoms with Gasteiger partial charge in [0.15, 0.2) is 0 Å². The molecule has 0 bridgehead atoms. The zero-order valence-electron chi connectivity index (χ0n) is 10.6. The average molecular weight is 254 g/mol. The predicted octanol–water partition coefficient (Wildman–Crippen LogP) is 0.313. The van der Waals surface area contributed by atoms with E-state index in [1.165, 1.54) is 7.11 Å². The van der Waals surface area contributed by atoms with Crippen molar-refractivity contribution in [1.29, 1.82) is 0 Å². The molecule has 0 aliphatic carbocycles. The molecule has 100 valence electrons. The first-order chi connectivity index (χ1) is 8.70. The van der Waals surface area contributed by atoms with Crippen molar-refractivity contribution < 1.29 is 19.4 Å². The normalized spacial score (nSPS) is 10.2. The van der Waals surface area contributed by atoms with Gasteiger partial charge in [-0.1, -0.05) is 0 Å². The van der Waals surface area contributed by atoms with Gasteiger partial charge in [0.1, 0.15) is 11.4 Å². The molecule has 0 spiro atoms. The van der Waals surface area contributed by atoms with Crippen LogP contribution in [0.15, 0.2) is 18.3 Å². The Morgan fingerprint density at radius 1 is 1.50 bits per heavy atom. The van der Waals surface area contributed by atoms with E-state index in [0.717, 1.165) is 0 Å². The number of carbonyl (C=O) groups excluding carboxylic acids is 1. The minimum Gasteiger partial charge on any atom is -0.465 e. The number of aliphatic hydroxyl groups is 1. The number of aliphatic hydroxyl groups excluding tert-OH is 1. The minimum absolute atomic E-state index is 0.000706. The van der Waals surface area contributed by atoms with Crippen molar-refractivity contribution in [2.45, 2.75) is 0 Å². The number of ether oxygens (including phenoxy) is 2. The van der Waals surface area contributed by atoms with Crippen LogP contribution in [0.2, 0.25) is 0 Å². The summed E-state index contributed by atoms with van der Waals surface area (Å²) in [5.74, 6) is 0.137. The zero-order valence-corrected chi connectivity index (χ0v) is 10.6. The largest absolute Gasteiger partial charge is 0.465 e. The first kappa shape index (κ1) is 14.4. The number of likely N-dealkylation sites (N-methyl/N-ethyl adjacent to an activating group) is 1. The lowest BCUT2D eigenvalue weighted by atomic mass is 10.2. The highest BCUT2D eigenvalue weighted by Crippen LogP contribution is 2.16. The fourth-order valence-electron chi connectivity index (χ4n) is 1.44. The first-order valence-electron chi connectivity index (χ1n) is 5.63. The summed E-state index contributed by atoms with van der Waals surface area (Å²) in [4.78, 5) is 17.5. The molecule has 1 aromatic rings. The standard InChI is InChI=1S/C12H18N2O4/c1-14(6-8-18-9-7-15)11-10(12(16)17-2)4-3-5-13-11/h3-5,15H,6-9H2,1-2H3. The molecule has 0 saturated heterocycles. The number of anilines is 1. The quantitative estimate of drug-likeness (QED) is 0.558. The molecule has 0 radical (unpaired) electrons. The van der Waals surface area contributed by atoms with E-state index in [4.69, 9.17) is 14.6 Å². The van der Waals surface area contributed by atoms with Crippen LogP contribution >= 0.6 is 0 Å². The van der Waals surface area contributed by atoms with E-state index in [0.29, 0.717) is 31.1 Å². The van der Waals surface area contributed by atoms with Crippen molar-refractivity contribution in [3.63, 3.8) is 0 Å². The van der Waals surface area contributed by atoms with Crippen molar-refractivity contribution in [2.75, 3.05) is 45.4 Å². The summed E-state index contributed by atoms with van der Waals surface area (Å²) in [6.07, 6.45) is 1.62. The number of pyridine rings is 1. The SMILES string of the molecule is COC(=O)c1cccnc1N(C)CCOCCO. The smallest absolute Gasteiger partial charge is 0.341 e. The van der Waals surface area contributed by atoms with E-state index in [1.54, 1.807) is 18.3 Å². The molecule has 1 aromatic heterocycles. The van der Waals surface area contributed by atoms with Gasteiger partial charge in [0.25, 0.3) is 0 Å². The molecule has 1 N–H and O–H groups in total. The Hall–Kier alpha value is -1.66. The van der Waals surface area contributed by atoms with Crippen molar-refractivity contribution >= 4 is 11.8 Å². The Kier molecular flexibility index (Phi) is 6.10. The Morgan fingerprint density at radius 3 is 2.94 bits per heavy atom. The van der Waals surface area contributed by atoms with Crippen LogP contribution < -0.4 is 4.90 Å². The van der Waals surface area contributed by atoms with Gasteiger partial charge >= 0.3 is 5.97 Å².